The van der Waals surface area contributed by atoms with Crippen LogP contribution in [-0.4, -0.2) is 17.0 Å². The lowest BCUT2D eigenvalue weighted by molar-refractivity contribution is -0.383. The Morgan fingerprint density at radius 1 is 1.50 bits per heavy atom. The van der Waals surface area contributed by atoms with Crippen LogP contribution in [0.3, 0.4) is 0 Å². The lowest BCUT2D eigenvalue weighted by atomic mass is 9.73. The average Bonchev–Trinajstić information content (AvgIpc) is 2.41. The van der Waals surface area contributed by atoms with Crippen molar-refractivity contribution in [3.05, 3.63) is 28.3 Å². The van der Waals surface area contributed by atoms with E-state index in [1.54, 1.807) is 12.1 Å². The Bertz CT molecular complexity index is 506. The fraction of sp³-hybridized carbons (Fsp3) is 0.571. The molecule has 1 fully saturated rings. The predicted octanol–water partition coefficient (Wildman–Crippen LogP) is 2.50. The van der Waals surface area contributed by atoms with E-state index in [2.05, 4.69) is 12.2 Å². The van der Waals surface area contributed by atoms with E-state index in [-0.39, 0.29) is 16.9 Å². The lowest BCUT2D eigenvalue weighted by Crippen LogP contribution is -2.52. The van der Waals surface area contributed by atoms with Gasteiger partial charge in [-0.15, -0.1) is 0 Å². The van der Waals surface area contributed by atoms with Gasteiger partial charge in [0.1, 0.15) is 5.69 Å². The normalized spacial score (nSPS) is 26.2. The Morgan fingerprint density at radius 3 is 2.80 bits per heavy atom. The number of hydrogen-bond acceptors (Lipinski definition) is 5. The van der Waals surface area contributed by atoms with Gasteiger partial charge in [0.05, 0.1) is 10.5 Å². The molecule has 2 unspecified atom stereocenters. The zero-order valence-electron chi connectivity index (χ0n) is 11.8. The van der Waals surface area contributed by atoms with Crippen molar-refractivity contribution in [3.8, 4) is 0 Å². The second-order valence-corrected chi connectivity index (χ2v) is 5.66. The molecule has 0 radical (unpaired) electrons. The number of nitro groups is 1. The number of benzene rings is 1. The van der Waals surface area contributed by atoms with E-state index in [4.69, 9.17) is 11.5 Å². The second kappa shape index (κ2) is 5.66. The van der Waals surface area contributed by atoms with Crippen LogP contribution < -0.4 is 16.8 Å². The summed E-state index contributed by atoms with van der Waals surface area (Å²) in [5, 5.41) is 14.3. The maximum Gasteiger partial charge on any atom is 0.292 e. The third-order valence-corrected chi connectivity index (χ3v) is 4.44. The Hall–Kier alpha value is -1.82. The molecule has 6 nitrogen and oxygen atoms in total. The third-order valence-electron chi connectivity index (χ3n) is 4.44. The molecule has 0 bridgehead atoms. The maximum atomic E-state index is 10.8. The minimum atomic E-state index is -0.471. The van der Waals surface area contributed by atoms with Gasteiger partial charge in [-0.05, 0) is 30.9 Å². The van der Waals surface area contributed by atoms with E-state index in [0.29, 0.717) is 12.5 Å². The van der Waals surface area contributed by atoms with Crippen LogP contribution in [0.4, 0.5) is 17.1 Å². The summed E-state index contributed by atoms with van der Waals surface area (Å²) in [5.74, 6) is 0.470. The molecule has 1 aliphatic carbocycles. The van der Waals surface area contributed by atoms with Gasteiger partial charge in [0, 0.05) is 18.3 Å². The first kappa shape index (κ1) is 14.6. The zero-order valence-corrected chi connectivity index (χ0v) is 11.8. The summed E-state index contributed by atoms with van der Waals surface area (Å²) < 4.78 is 0. The van der Waals surface area contributed by atoms with Gasteiger partial charge in [-0.2, -0.15) is 0 Å². The number of rotatable bonds is 4. The van der Waals surface area contributed by atoms with Crippen LogP contribution in [0.1, 0.15) is 32.6 Å². The van der Waals surface area contributed by atoms with Gasteiger partial charge >= 0.3 is 0 Å². The fourth-order valence-electron chi connectivity index (χ4n) is 3.04. The highest BCUT2D eigenvalue weighted by atomic mass is 16.6. The molecule has 5 N–H and O–H groups in total. The zero-order chi connectivity index (χ0) is 14.8. The van der Waals surface area contributed by atoms with Crippen molar-refractivity contribution in [1.82, 2.24) is 0 Å². The van der Waals surface area contributed by atoms with Gasteiger partial charge in [0.15, 0.2) is 0 Å². The Balaban J connectivity index is 2.23. The van der Waals surface area contributed by atoms with Crippen molar-refractivity contribution in [2.45, 2.75) is 38.1 Å². The van der Waals surface area contributed by atoms with E-state index in [1.807, 2.05) is 0 Å². The first-order valence-corrected chi connectivity index (χ1v) is 7.01. The van der Waals surface area contributed by atoms with Gasteiger partial charge < -0.3 is 16.8 Å². The SMILES string of the molecule is CC1CCCCC1(CN)Nc1ccc([N+](=O)[O-])c(N)c1. The number of nitrogens with two attached hydrogens (primary N) is 2. The molecule has 0 heterocycles. The fourth-order valence-corrected chi connectivity index (χ4v) is 3.04. The molecule has 6 heteroatoms. The molecule has 2 atom stereocenters. The van der Waals surface area contributed by atoms with Crippen molar-refractivity contribution < 1.29 is 4.92 Å². The monoisotopic (exact) mass is 278 g/mol. The highest BCUT2D eigenvalue weighted by Gasteiger charge is 2.36. The summed E-state index contributed by atoms with van der Waals surface area (Å²) in [6, 6.07) is 4.76. The molecule has 0 saturated heterocycles. The predicted molar refractivity (Wildman–Crippen MR) is 80.5 cm³/mol. The molecule has 20 heavy (non-hydrogen) atoms. The van der Waals surface area contributed by atoms with Crippen molar-refractivity contribution in [3.63, 3.8) is 0 Å². The van der Waals surface area contributed by atoms with E-state index in [9.17, 15) is 10.1 Å². The number of anilines is 2. The van der Waals surface area contributed by atoms with Gasteiger partial charge in [-0.1, -0.05) is 19.8 Å². The van der Waals surface area contributed by atoms with Crippen molar-refractivity contribution in [2.75, 3.05) is 17.6 Å². The van der Waals surface area contributed by atoms with Crippen LogP contribution >= 0.6 is 0 Å². The van der Waals surface area contributed by atoms with Crippen LogP contribution in [0.2, 0.25) is 0 Å². The third kappa shape index (κ3) is 2.70. The molecule has 2 rings (SSSR count). The highest BCUT2D eigenvalue weighted by Crippen LogP contribution is 2.36. The number of nitrogens with zero attached hydrogens (tertiary/aromatic N) is 1. The van der Waals surface area contributed by atoms with E-state index < -0.39 is 4.92 Å². The van der Waals surface area contributed by atoms with Crippen molar-refractivity contribution in [1.29, 1.82) is 0 Å². The quantitative estimate of drug-likeness (QED) is 0.445. The van der Waals surface area contributed by atoms with E-state index in [1.165, 1.54) is 12.5 Å². The lowest BCUT2D eigenvalue weighted by Gasteiger charge is -2.43. The van der Waals surface area contributed by atoms with Crippen LogP contribution in [0.25, 0.3) is 0 Å². The largest absolute Gasteiger partial charge is 0.393 e. The molecule has 0 aromatic heterocycles. The van der Waals surface area contributed by atoms with Crippen molar-refractivity contribution >= 4 is 17.1 Å². The number of nitro benzene ring substituents is 1. The van der Waals surface area contributed by atoms with Gasteiger partial charge in [-0.25, -0.2) is 0 Å². The first-order chi connectivity index (χ1) is 9.48. The summed E-state index contributed by atoms with van der Waals surface area (Å²) >= 11 is 0. The smallest absolute Gasteiger partial charge is 0.292 e. The number of hydrogen-bond donors (Lipinski definition) is 3. The molecule has 1 aromatic rings. The maximum absolute atomic E-state index is 10.8. The Morgan fingerprint density at radius 2 is 2.25 bits per heavy atom. The molecule has 0 aliphatic heterocycles. The minimum absolute atomic E-state index is 0.0611. The molecule has 0 spiro atoms. The molecule has 1 aliphatic rings. The topological polar surface area (TPSA) is 107 Å². The molecular weight excluding hydrogens is 256 g/mol. The summed E-state index contributed by atoms with van der Waals surface area (Å²) in [6.45, 7) is 2.75. The van der Waals surface area contributed by atoms with Gasteiger partial charge in [0.25, 0.3) is 5.69 Å². The van der Waals surface area contributed by atoms with E-state index in [0.717, 1.165) is 24.9 Å². The van der Waals surface area contributed by atoms with Crippen LogP contribution in [-0.2, 0) is 0 Å². The summed E-state index contributed by atoms with van der Waals surface area (Å²) in [6.07, 6.45) is 4.54. The average molecular weight is 278 g/mol. The van der Waals surface area contributed by atoms with Crippen LogP contribution in [0.15, 0.2) is 18.2 Å². The van der Waals surface area contributed by atoms with Gasteiger partial charge in [-0.3, -0.25) is 10.1 Å². The van der Waals surface area contributed by atoms with E-state index >= 15 is 0 Å². The summed E-state index contributed by atoms with van der Waals surface area (Å²) in [4.78, 5) is 10.3. The van der Waals surface area contributed by atoms with Gasteiger partial charge in [0.2, 0.25) is 0 Å². The first-order valence-electron chi connectivity index (χ1n) is 7.01. The molecule has 1 saturated carbocycles. The molecule has 1 aromatic carbocycles. The number of nitrogens with one attached hydrogen (secondary N) is 1. The minimum Gasteiger partial charge on any atom is -0.393 e. The van der Waals surface area contributed by atoms with Crippen LogP contribution in [0, 0.1) is 16.0 Å². The molecular formula is C14H22N4O2. The summed E-state index contributed by atoms with van der Waals surface area (Å²) in [7, 11) is 0. The Labute approximate surface area is 118 Å². The second-order valence-electron chi connectivity index (χ2n) is 5.66. The highest BCUT2D eigenvalue weighted by molar-refractivity contribution is 5.66. The standard InChI is InChI=1S/C14H22N4O2/c1-10-4-2-3-7-14(10,9-15)17-11-5-6-13(18(19)20)12(16)8-11/h5-6,8,10,17H,2-4,7,9,15-16H2,1H3. The summed E-state index contributed by atoms with van der Waals surface area (Å²) in [5.41, 5.74) is 12.5. The van der Waals surface area contributed by atoms with Crippen molar-refractivity contribution in [2.24, 2.45) is 11.7 Å². The van der Waals surface area contributed by atoms with Crippen LogP contribution in [0.5, 0.6) is 0 Å². The molecule has 0 amide bonds. The molecule has 110 valence electrons. The number of nitrogen functional groups attached to an aromatic ring is 1. The Kier molecular flexibility index (Phi) is 4.13.